The smallest absolute Gasteiger partial charge is 0.0705 e. The third-order valence-electron chi connectivity index (χ3n) is 2.92. The fraction of sp³-hybridized carbons (Fsp3) is 0.400. The van der Waals surface area contributed by atoms with Crippen molar-refractivity contribution in [2.75, 3.05) is 6.54 Å². The number of rotatable bonds is 5. The monoisotopic (exact) mass is 277 g/mol. The molecule has 0 aliphatic rings. The first-order valence-corrected chi connectivity index (χ1v) is 6.96. The Bertz CT molecular complexity index is 546. The van der Waals surface area contributed by atoms with Crippen molar-refractivity contribution in [1.82, 2.24) is 15.1 Å². The van der Waals surface area contributed by atoms with Crippen molar-refractivity contribution in [3.63, 3.8) is 0 Å². The van der Waals surface area contributed by atoms with E-state index in [0.29, 0.717) is 5.92 Å². The quantitative estimate of drug-likeness (QED) is 0.905. The lowest BCUT2D eigenvalue weighted by molar-refractivity contribution is 0.551. The molecule has 0 saturated heterocycles. The van der Waals surface area contributed by atoms with Crippen LogP contribution in [-0.2, 0) is 6.54 Å². The summed E-state index contributed by atoms with van der Waals surface area (Å²) in [4.78, 5) is 0. The molecular weight excluding hydrogens is 258 g/mol. The van der Waals surface area contributed by atoms with Crippen LogP contribution in [0.15, 0.2) is 30.5 Å². The summed E-state index contributed by atoms with van der Waals surface area (Å²) in [5, 5.41) is 8.67. The van der Waals surface area contributed by atoms with E-state index in [4.69, 9.17) is 11.6 Å². The molecule has 4 heteroatoms. The Morgan fingerprint density at radius 1 is 1.32 bits per heavy atom. The number of nitrogens with zero attached hydrogens (tertiary/aromatic N) is 2. The van der Waals surface area contributed by atoms with Crippen molar-refractivity contribution in [2.24, 2.45) is 5.92 Å². The zero-order valence-corrected chi connectivity index (χ0v) is 12.4. The van der Waals surface area contributed by atoms with Gasteiger partial charge in [-0.15, -0.1) is 0 Å². The van der Waals surface area contributed by atoms with Gasteiger partial charge in [0.05, 0.1) is 11.4 Å². The Kier molecular flexibility index (Phi) is 4.61. The van der Waals surface area contributed by atoms with Crippen molar-refractivity contribution in [2.45, 2.75) is 27.3 Å². The summed E-state index contributed by atoms with van der Waals surface area (Å²) < 4.78 is 1.88. The Morgan fingerprint density at radius 2 is 2.11 bits per heavy atom. The Labute approximate surface area is 119 Å². The standard InChI is InChI=1S/C15H20ClN3/c1-11(2)9-17-10-13-14(16)5-4-6-15(13)19-8-7-12(3)18-19/h4-8,11,17H,9-10H2,1-3H3. The largest absolute Gasteiger partial charge is 0.312 e. The topological polar surface area (TPSA) is 29.9 Å². The van der Waals surface area contributed by atoms with Gasteiger partial charge in [-0.1, -0.05) is 31.5 Å². The number of aryl methyl sites for hydroxylation is 1. The maximum Gasteiger partial charge on any atom is 0.0705 e. The normalized spacial score (nSPS) is 11.2. The molecule has 0 bridgehead atoms. The van der Waals surface area contributed by atoms with Crippen LogP contribution in [0.4, 0.5) is 0 Å². The molecule has 102 valence electrons. The highest BCUT2D eigenvalue weighted by Gasteiger charge is 2.09. The van der Waals surface area contributed by atoms with E-state index >= 15 is 0 Å². The van der Waals surface area contributed by atoms with E-state index < -0.39 is 0 Å². The molecule has 1 aromatic carbocycles. The van der Waals surface area contributed by atoms with E-state index in [1.807, 2.05) is 42.1 Å². The lowest BCUT2D eigenvalue weighted by Gasteiger charge is -2.13. The van der Waals surface area contributed by atoms with E-state index in [-0.39, 0.29) is 0 Å². The molecule has 0 fully saturated rings. The molecule has 0 unspecified atom stereocenters. The van der Waals surface area contributed by atoms with Crippen LogP contribution in [0.3, 0.4) is 0 Å². The highest BCUT2D eigenvalue weighted by atomic mass is 35.5. The van der Waals surface area contributed by atoms with Crippen LogP contribution in [0.25, 0.3) is 5.69 Å². The van der Waals surface area contributed by atoms with Crippen molar-refractivity contribution in [3.8, 4) is 5.69 Å². The van der Waals surface area contributed by atoms with Crippen LogP contribution in [0, 0.1) is 12.8 Å². The molecule has 0 atom stereocenters. The van der Waals surface area contributed by atoms with E-state index in [1.165, 1.54) is 0 Å². The molecule has 1 aromatic heterocycles. The van der Waals surface area contributed by atoms with Gasteiger partial charge < -0.3 is 5.32 Å². The molecule has 0 amide bonds. The van der Waals surface area contributed by atoms with E-state index in [9.17, 15) is 0 Å². The third kappa shape index (κ3) is 3.58. The molecule has 3 nitrogen and oxygen atoms in total. The predicted octanol–water partition coefficient (Wildman–Crippen LogP) is 3.58. The molecular formula is C15H20ClN3. The predicted molar refractivity (Wildman–Crippen MR) is 79.9 cm³/mol. The maximum absolute atomic E-state index is 6.32. The molecule has 2 aromatic rings. The van der Waals surface area contributed by atoms with Crippen LogP contribution in [0.1, 0.15) is 25.1 Å². The molecule has 1 N–H and O–H groups in total. The molecule has 1 heterocycles. The second-order valence-electron chi connectivity index (χ2n) is 5.16. The zero-order valence-electron chi connectivity index (χ0n) is 11.7. The summed E-state index contributed by atoms with van der Waals surface area (Å²) in [6, 6.07) is 7.92. The molecule has 0 saturated carbocycles. The molecule has 19 heavy (non-hydrogen) atoms. The van der Waals surface area contributed by atoms with Gasteiger partial charge in [0.15, 0.2) is 0 Å². The molecule has 2 rings (SSSR count). The van der Waals surface area contributed by atoms with Gasteiger partial charge in [0.2, 0.25) is 0 Å². The van der Waals surface area contributed by atoms with E-state index in [2.05, 4.69) is 24.3 Å². The minimum atomic E-state index is 0.623. The number of benzene rings is 1. The Balaban J connectivity index is 2.26. The summed E-state index contributed by atoms with van der Waals surface area (Å²) in [6.45, 7) is 8.10. The number of hydrogen-bond donors (Lipinski definition) is 1. The van der Waals surface area contributed by atoms with Crippen LogP contribution in [-0.4, -0.2) is 16.3 Å². The fourth-order valence-corrected chi connectivity index (χ4v) is 2.21. The summed E-state index contributed by atoms with van der Waals surface area (Å²) in [5.74, 6) is 0.623. The second-order valence-corrected chi connectivity index (χ2v) is 5.57. The van der Waals surface area contributed by atoms with Crippen LogP contribution < -0.4 is 5.32 Å². The summed E-state index contributed by atoms with van der Waals surface area (Å²) in [5.41, 5.74) is 3.13. The number of halogens is 1. The van der Waals surface area contributed by atoms with Gasteiger partial charge in [-0.05, 0) is 37.6 Å². The first-order chi connectivity index (χ1) is 9.08. The summed E-state index contributed by atoms with van der Waals surface area (Å²) >= 11 is 6.32. The first kappa shape index (κ1) is 14.1. The van der Waals surface area contributed by atoms with Gasteiger partial charge >= 0.3 is 0 Å². The van der Waals surface area contributed by atoms with Crippen molar-refractivity contribution in [3.05, 3.63) is 46.7 Å². The first-order valence-electron chi connectivity index (χ1n) is 6.58. The minimum Gasteiger partial charge on any atom is -0.312 e. The molecule has 0 spiro atoms. The number of aromatic nitrogens is 2. The maximum atomic E-state index is 6.32. The Hall–Kier alpha value is -1.32. The van der Waals surface area contributed by atoms with Gasteiger partial charge in [-0.2, -0.15) is 5.10 Å². The third-order valence-corrected chi connectivity index (χ3v) is 3.27. The average Bonchev–Trinajstić information content (AvgIpc) is 2.77. The van der Waals surface area contributed by atoms with Gasteiger partial charge in [0.25, 0.3) is 0 Å². The lowest BCUT2D eigenvalue weighted by atomic mass is 10.1. The molecule has 0 aliphatic carbocycles. The van der Waals surface area contributed by atoms with Gasteiger partial charge in [-0.3, -0.25) is 0 Å². The van der Waals surface area contributed by atoms with Crippen molar-refractivity contribution < 1.29 is 0 Å². The molecule has 0 aliphatic heterocycles. The van der Waals surface area contributed by atoms with Crippen LogP contribution in [0.2, 0.25) is 5.02 Å². The van der Waals surface area contributed by atoms with Crippen LogP contribution >= 0.6 is 11.6 Å². The average molecular weight is 278 g/mol. The highest BCUT2D eigenvalue weighted by Crippen LogP contribution is 2.23. The van der Waals surface area contributed by atoms with Gasteiger partial charge in [0.1, 0.15) is 0 Å². The summed E-state index contributed by atoms with van der Waals surface area (Å²) in [6.07, 6.45) is 1.97. The van der Waals surface area contributed by atoms with Crippen LogP contribution in [0.5, 0.6) is 0 Å². The van der Waals surface area contributed by atoms with Gasteiger partial charge in [0, 0.05) is 23.3 Å². The highest BCUT2D eigenvalue weighted by molar-refractivity contribution is 6.31. The van der Waals surface area contributed by atoms with Crippen molar-refractivity contribution in [1.29, 1.82) is 0 Å². The lowest BCUT2D eigenvalue weighted by Crippen LogP contribution is -2.20. The number of nitrogens with one attached hydrogen (secondary N) is 1. The summed E-state index contributed by atoms with van der Waals surface area (Å²) in [7, 11) is 0. The van der Waals surface area contributed by atoms with E-state index in [0.717, 1.165) is 35.1 Å². The van der Waals surface area contributed by atoms with E-state index in [1.54, 1.807) is 0 Å². The van der Waals surface area contributed by atoms with Crippen molar-refractivity contribution >= 4 is 11.6 Å². The van der Waals surface area contributed by atoms with Gasteiger partial charge in [-0.25, -0.2) is 4.68 Å². The fourth-order valence-electron chi connectivity index (χ4n) is 1.97. The molecule has 0 radical (unpaired) electrons. The zero-order chi connectivity index (χ0) is 13.8. The second kappa shape index (κ2) is 6.22. The minimum absolute atomic E-state index is 0.623. The SMILES string of the molecule is Cc1ccn(-c2cccc(Cl)c2CNCC(C)C)n1. The Morgan fingerprint density at radius 3 is 2.74 bits per heavy atom. The number of hydrogen-bond acceptors (Lipinski definition) is 2.